The molecule has 1 heterocycles. The fourth-order valence-corrected chi connectivity index (χ4v) is 2.79. The second-order valence-electron chi connectivity index (χ2n) is 5.33. The van der Waals surface area contributed by atoms with Gasteiger partial charge in [-0.25, -0.2) is 4.98 Å². The molecule has 0 radical (unpaired) electrons. The molecule has 1 aliphatic carbocycles. The Bertz CT molecular complexity index is 510. The van der Waals surface area contributed by atoms with Crippen LogP contribution in [0.1, 0.15) is 48.9 Å². The number of aromatic nitrogens is 1. The highest BCUT2D eigenvalue weighted by atomic mass is 16.4. The summed E-state index contributed by atoms with van der Waals surface area (Å²) in [5, 5.41) is 12.3. The number of carbonyl (C=O) groups is 2. The van der Waals surface area contributed by atoms with Gasteiger partial charge in [-0.3, -0.25) is 9.59 Å². The van der Waals surface area contributed by atoms with Gasteiger partial charge in [-0.2, -0.15) is 0 Å². The largest absolute Gasteiger partial charge is 0.481 e. The minimum atomic E-state index is -0.828. The highest BCUT2D eigenvalue weighted by Gasteiger charge is 2.34. The van der Waals surface area contributed by atoms with Crippen LogP contribution in [0.3, 0.4) is 0 Å². The van der Waals surface area contributed by atoms with Crippen LogP contribution in [0.5, 0.6) is 0 Å². The lowest BCUT2D eigenvalue weighted by atomic mass is 9.79. The van der Waals surface area contributed by atoms with E-state index in [0.29, 0.717) is 11.4 Å². The van der Waals surface area contributed by atoms with Crippen molar-refractivity contribution in [2.45, 2.75) is 44.1 Å². The van der Waals surface area contributed by atoms with Crippen LogP contribution in [-0.4, -0.2) is 27.5 Å². The molecule has 0 aromatic carbocycles. The number of pyridine rings is 1. The highest BCUT2D eigenvalue weighted by Crippen LogP contribution is 2.34. The first kappa shape index (κ1) is 14.3. The summed E-state index contributed by atoms with van der Waals surface area (Å²) < 4.78 is 0. The van der Waals surface area contributed by atoms with E-state index >= 15 is 0 Å². The van der Waals surface area contributed by atoms with Crippen molar-refractivity contribution >= 4 is 17.7 Å². The molecule has 4 N–H and O–H groups in total. The summed E-state index contributed by atoms with van der Waals surface area (Å²) in [7, 11) is 0. The molecular formula is C14H19N3O3. The third kappa shape index (κ3) is 3.46. The molecule has 1 aromatic rings. The van der Waals surface area contributed by atoms with E-state index in [1.165, 1.54) is 12.3 Å². The Balaban J connectivity index is 2.20. The maximum atomic E-state index is 11.2. The van der Waals surface area contributed by atoms with Gasteiger partial charge >= 0.3 is 5.97 Å². The van der Waals surface area contributed by atoms with Crippen LogP contribution in [0.4, 0.5) is 5.82 Å². The number of hydrogen-bond donors (Lipinski definition) is 3. The Morgan fingerprint density at radius 1 is 1.35 bits per heavy atom. The van der Waals surface area contributed by atoms with Crippen LogP contribution >= 0.6 is 0 Å². The van der Waals surface area contributed by atoms with Crippen molar-refractivity contribution in [2.75, 3.05) is 5.32 Å². The van der Waals surface area contributed by atoms with Crippen molar-refractivity contribution in [3.05, 3.63) is 23.9 Å². The summed E-state index contributed by atoms with van der Waals surface area (Å²) in [5.74, 6) is -0.846. The first-order valence-electron chi connectivity index (χ1n) is 6.77. The van der Waals surface area contributed by atoms with Gasteiger partial charge in [0.2, 0.25) is 5.91 Å². The standard InChI is InChI=1S/C14H19N3O3/c15-13(20)10-4-7-16-11(8-10)17-14(9-12(18)19)5-2-1-3-6-14/h4,7-8H,1-3,5-6,9H2,(H2,15,20)(H,16,17)(H,18,19). The summed E-state index contributed by atoms with van der Waals surface area (Å²) in [4.78, 5) is 26.4. The molecule has 0 saturated heterocycles. The Hall–Kier alpha value is -2.11. The lowest BCUT2D eigenvalue weighted by Crippen LogP contribution is -2.42. The molecule has 6 nitrogen and oxygen atoms in total. The number of nitrogens with two attached hydrogens (primary N) is 1. The number of nitrogens with one attached hydrogen (secondary N) is 1. The molecule has 0 spiro atoms. The van der Waals surface area contributed by atoms with Gasteiger partial charge in [0.15, 0.2) is 0 Å². The van der Waals surface area contributed by atoms with Gasteiger partial charge < -0.3 is 16.2 Å². The monoisotopic (exact) mass is 277 g/mol. The average molecular weight is 277 g/mol. The fraction of sp³-hybridized carbons (Fsp3) is 0.500. The predicted molar refractivity (Wildman–Crippen MR) is 74.4 cm³/mol. The molecule has 20 heavy (non-hydrogen) atoms. The predicted octanol–water partition coefficient (Wildman–Crippen LogP) is 1.77. The van der Waals surface area contributed by atoms with E-state index in [2.05, 4.69) is 10.3 Å². The maximum absolute atomic E-state index is 11.2. The van der Waals surface area contributed by atoms with E-state index < -0.39 is 17.4 Å². The molecule has 0 unspecified atom stereocenters. The number of aliphatic carboxylic acids is 1. The SMILES string of the molecule is NC(=O)c1ccnc(NC2(CC(=O)O)CCCCC2)c1. The summed E-state index contributed by atoms with van der Waals surface area (Å²) in [5.41, 5.74) is 5.13. The zero-order chi connectivity index (χ0) is 14.6. The third-order valence-electron chi connectivity index (χ3n) is 3.74. The molecule has 0 bridgehead atoms. The number of hydrogen-bond acceptors (Lipinski definition) is 4. The normalized spacial score (nSPS) is 17.4. The number of carboxylic acids is 1. The molecular weight excluding hydrogens is 258 g/mol. The Kier molecular flexibility index (Phi) is 4.22. The maximum Gasteiger partial charge on any atom is 0.305 e. The molecule has 1 saturated carbocycles. The second-order valence-corrected chi connectivity index (χ2v) is 5.33. The summed E-state index contributed by atoms with van der Waals surface area (Å²) in [6.45, 7) is 0. The van der Waals surface area contributed by atoms with Crippen molar-refractivity contribution in [3.8, 4) is 0 Å². The average Bonchev–Trinajstić information content (AvgIpc) is 2.38. The topological polar surface area (TPSA) is 105 Å². The molecule has 1 amide bonds. The fourth-order valence-electron chi connectivity index (χ4n) is 2.79. The van der Waals surface area contributed by atoms with Gasteiger partial charge in [0.25, 0.3) is 0 Å². The third-order valence-corrected chi connectivity index (χ3v) is 3.74. The van der Waals surface area contributed by atoms with E-state index in [1.807, 2.05) is 0 Å². The van der Waals surface area contributed by atoms with Crippen molar-refractivity contribution in [1.82, 2.24) is 4.98 Å². The van der Waals surface area contributed by atoms with Gasteiger partial charge in [0.05, 0.1) is 6.42 Å². The number of anilines is 1. The van der Waals surface area contributed by atoms with E-state index in [4.69, 9.17) is 10.8 Å². The molecule has 1 aromatic heterocycles. The van der Waals surface area contributed by atoms with Crippen LogP contribution in [0.25, 0.3) is 0 Å². The molecule has 6 heteroatoms. The zero-order valence-corrected chi connectivity index (χ0v) is 11.3. The van der Waals surface area contributed by atoms with Crippen LogP contribution in [0.15, 0.2) is 18.3 Å². The van der Waals surface area contributed by atoms with Crippen LogP contribution in [0.2, 0.25) is 0 Å². The molecule has 0 aliphatic heterocycles. The molecule has 2 rings (SSSR count). The highest BCUT2D eigenvalue weighted by molar-refractivity contribution is 5.93. The number of carboxylic acid groups (broad SMARTS) is 1. The van der Waals surface area contributed by atoms with E-state index in [9.17, 15) is 9.59 Å². The molecule has 1 fully saturated rings. The Morgan fingerprint density at radius 3 is 2.65 bits per heavy atom. The Labute approximate surface area is 117 Å². The van der Waals surface area contributed by atoms with Gasteiger partial charge in [-0.1, -0.05) is 19.3 Å². The van der Waals surface area contributed by atoms with Crippen LogP contribution in [0, 0.1) is 0 Å². The van der Waals surface area contributed by atoms with Crippen molar-refractivity contribution in [1.29, 1.82) is 0 Å². The van der Waals surface area contributed by atoms with Crippen LogP contribution < -0.4 is 11.1 Å². The van der Waals surface area contributed by atoms with E-state index in [1.54, 1.807) is 6.07 Å². The smallest absolute Gasteiger partial charge is 0.305 e. The number of carbonyl (C=O) groups excluding carboxylic acids is 1. The number of amides is 1. The summed E-state index contributed by atoms with van der Waals surface area (Å²) >= 11 is 0. The van der Waals surface area contributed by atoms with Crippen molar-refractivity contribution < 1.29 is 14.7 Å². The van der Waals surface area contributed by atoms with Gasteiger partial charge in [-0.15, -0.1) is 0 Å². The lowest BCUT2D eigenvalue weighted by molar-refractivity contribution is -0.138. The lowest BCUT2D eigenvalue weighted by Gasteiger charge is -2.37. The minimum absolute atomic E-state index is 0.0511. The molecule has 1 aliphatic rings. The van der Waals surface area contributed by atoms with Crippen LogP contribution in [-0.2, 0) is 4.79 Å². The Morgan fingerprint density at radius 2 is 2.05 bits per heavy atom. The number of primary amides is 1. The van der Waals surface area contributed by atoms with Crippen molar-refractivity contribution in [3.63, 3.8) is 0 Å². The number of rotatable bonds is 5. The van der Waals surface area contributed by atoms with E-state index in [-0.39, 0.29) is 6.42 Å². The van der Waals surface area contributed by atoms with Gasteiger partial charge in [0, 0.05) is 17.3 Å². The number of nitrogens with zero attached hydrogens (tertiary/aromatic N) is 1. The van der Waals surface area contributed by atoms with Gasteiger partial charge in [-0.05, 0) is 25.0 Å². The first-order valence-corrected chi connectivity index (χ1v) is 6.77. The van der Waals surface area contributed by atoms with Crippen molar-refractivity contribution in [2.24, 2.45) is 5.73 Å². The van der Waals surface area contributed by atoms with Gasteiger partial charge in [0.1, 0.15) is 5.82 Å². The quantitative estimate of drug-likeness (QED) is 0.760. The van der Waals surface area contributed by atoms with E-state index in [0.717, 1.165) is 32.1 Å². The molecule has 0 atom stereocenters. The second kappa shape index (κ2) is 5.90. The minimum Gasteiger partial charge on any atom is -0.481 e. The summed E-state index contributed by atoms with van der Waals surface area (Å²) in [6, 6.07) is 3.11. The first-order chi connectivity index (χ1) is 9.51. The molecule has 108 valence electrons. The zero-order valence-electron chi connectivity index (χ0n) is 11.3. The summed E-state index contributed by atoms with van der Waals surface area (Å²) in [6.07, 6.45) is 6.25.